The van der Waals surface area contributed by atoms with Crippen molar-refractivity contribution in [2.75, 3.05) is 6.54 Å². The van der Waals surface area contributed by atoms with Gasteiger partial charge in [-0.05, 0) is 49.5 Å². The number of hydrogen-bond donors (Lipinski definition) is 1. The second-order valence-corrected chi connectivity index (χ2v) is 9.71. The molecular weight excluding hydrogens is 392 g/mol. The van der Waals surface area contributed by atoms with Gasteiger partial charge in [-0.3, -0.25) is 4.90 Å². The van der Waals surface area contributed by atoms with E-state index in [1.54, 1.807) is 4.90 Å². The SMILES string of the molecule is CC(C)(C)OC(=O)N1CC(O)(c2nc(Br)cs2)CC12CCCCC2. The zero-order valence-corrected chi connectivity index (χ0v) is 16.9. The molecule has 134 valence electrons. The van der Waals surface area contributed by atoms with Crippen LogP contribution in [0.2, 0.25) is 0 Å². The van der Waals surface area contributed by atoms with Crippen molar-refractivity contribution in [1.82, 2.24) is 9.88 Å². The van der Waals surface area contributed by atoms with Crippen LogP contribution in [0.5, 0.6) is 0 Å². The summed E-state index contributed by atoms with van der Waals surface area (Å²) in [5.41, 5.74) is -1.95. The van der Waals surface area contributed by atoms with Crippen LogP contribution in [-0.4, -0.2) is 38.8 Å². The maximum absolute atomic E-state index is 12.8. The lowest BCUT2D eigenvalue weighted by molar-refractivity contribution is -0.00173. The lowest BCUT2D eigenvalue weighted by Crippen LogP contribution is -2.50. The Morgan fingerprint density at radius 1 is 1.38 bits per heavy atom. The van der Waals surface area contributed by atoms with Gasteiger partial charge in [0.15, 0.2) is 0 Å². The van der Waals surface area contributed by atoms with E-state index in [1.165, 1.54) is 17.8 Å². The van der Waals surface area contributed by atoms with Crippen LogP contribution < -0.4 is 0 Å². The number of β-amino-alcohol motifs (C(OH)–C–C–N with tert-alkyl or cyclic N) is 1. The molecule has 2 aliphatic rings. The molecule has 1 aliphatic heterocycles. The first-order valence-corrected chi connectivity index (χ1v) is 10.2. The molecule has 1 aromatic heterocycles. The van der Waals surface area contributed by atoms with Gasteiger partial charge in [-0.2, -0.15) is 0 Å². The van der Waals surface area contributed by atoms with Gasteiger partial charge in [0.25, 0.3) is 0 Å². The van der Waals surface area contributed by atoms with Crippen LogP contribution in [0.15, 0.2) is 9.98 Å². The third-order valence-corrected chi connectivity index (χ3v) is 6.63. The summed E-state index contributed by atoms with van der Waals surface area (Å²) in [7, 11) is 0. The second kappa shape index (κ2) is 6.25. The summed E-state index contributed by atoms with van der Waals surface area (Å²) in [6.45, 7) is 5.87. The molecule has 2 fully saturated rings. The number of aliphatic hydroxyl groups is 1. The van der Waals surface area contributed by atoms with Gasteiger partial charge in [0.2, 0.25) is 0 Å². The van der Waals surface area contributed by atoms with Crippen LogP contribution in [0, 0.1) is 0 Å². The minimum atomic E-state index is -1.09. The average Bonchev–Trinajstić information content (AvgIpc) is 3.02. The number of aromatic nitrogens is 1. The van der Waals surface area contributed by atoms with Crippen molar-refractivity contribution in [2.45, 2.75) is 76.0 Å². The third kappa shape index (κ3) is 3.48. The normalized spacial score (nSPS) is 26.8. The maximum atomic E-state index is 12.8. The molecule has 1 unspecified atom stereocenters. The molecule has 24 heavy (non-hydrogen) atoms. The highest BCUT2D eigenvalue weighted by atomic mass is 79.9. The van der Waals surface area contributed by atoms with Gasteiger partial charge >= 0.3 is 6.09 Å². The molecule has 0 bridgehead atoms. The molecule has 1 saturated carbocycles. The number of halogens is 1. The summed E-state index contributed by atoms with van der Waals surface area (Å²) in [5.74, 6) is 0. The molecule has 7 heteroatoms. The molecule has 1 atom stereocenters. The molecule has 5 nitrogen and oxygen atoms in total. The molecule has 1 aliphatic carbocycles. The smallest absolute Gasteiger partial charge is 0.410 e. The van der Waals surface area contributed by atoms with Crippen LogP contribution >= 0.6 is 27.3 Å². The molecule has 2 heterocycles. The van der Waals surface area contributed by atoms with E-state index in [1.807, 2.05) is 26.2 Å². The molecule has 1 spiro atoms. The Labute approximate surface area is 155 Å². The van der Waals surface area contributed by atoms with E-state index in [9.17, 15) is 9.90 Å². The van der Waals surface area contributed by atoms with Crippen molar-refractivity contribution in [2.24, 2.45) is 0 Å². The Morgan fingerprint density at radius 2 is 2.04 bits per heavy atom. The molecule has 1 amide bonds. The highest BCUT2D eigenvalue weighted by molar-refractivity contribution is 9.10. The van der Waals surface area contributed by atoms with Crippen LogP contribution in [0.3, 0.4) is 0 Å². The van der Waals surface area contributed by atoms with Crippen LogP contribution in [-0.2, 0) is 10.3 Å². The number of likely N-dealkylation sites (tertiary alicyclic amines) is 1. The lowest BCUT2D eigenvalue weighted by Gasteiger charge is -2.41. The summed E-state index contributed by atoms with van der Waals surface area (Å²) in [6.07, 6.45) is 5.40. The van der Waals surface area contributed by atoms with Crippen molar-refractivity contribution in [1.29, 1.82) is 0 Å². The van der Waals surface area contributed by atoms with Gasteiger partial charge in [-0.1, -0.05) is 19.3 Å². The summed E-state index contributed by atoms with van der Waals surface area (Å²) in [6, 6.07) is 0. The number of rotatable bonds is 1. The van der Waals surface area contributed by atoms with E-state index in [0.29, 0.717) is 11.4 Å². The number of ether oxygens (including phenoxy) is 1. The molecule has 3 rings (SSSR count). The van der Waals surface area contributed by atoms with Gasteiger partial charge in [0.05, 0.1) is 6.54 Å². The third-order valence-electron chi connectivity index (χ3n) is 4.89. The largest absolute Gasteiger partial charge is 0.444 e. The standard InChI is InChI=1S/C17H25BrN2O3S/c1-15(2,3)23-14(21)20-11-17(22,13-19-12(18)9-24-13)10-16(20)7-5-4-6-8-16/h9,22H,4-8,10-11H2,1-3H3. The van der Waals surface area contributed by atoms with E-state index < -0.39 is 11.2 Å². The van der Waals surface area contributed by atoms with Gasteiger partial charge in [0, 0.05) is 17.3 Å². The summed E-state index contributed by atoms with van der Waals surface area (Å²) in [5, 5.41) is 13.8. The maximum Gasteiger partial charge on any atom is 0.410 e. The van der Waals surface area contributed by atoms with Crippen molar-refractivity contribution in [3.8, 4) is 0 Å². The molecule has 0 aromatic carbocycles. The highest BCUT2D eigenvalue weighted by Gasteiger charge is 2.57. The van der Waals surface area contributed by atoms with Crippen LogP contribution in [0.25, 0.3) is 0 Å². The first kappa shape index (κ1) is 18.1. The van der Waals surface area contributed by atoms with E-state index in [2.05, 4.69) is 20.9 Å². The second-order valence-electron chi connectivity index (χ2n) is 8.04. The van der Waals surface area contributed by atoms with E-state index in [4.69, 9.17) is 4.74 Å². The van der Waals surface area contributed by atoms with Gasteiger partial charge in [-0.25, -0.2) is 9.78 Å². The minimum Gasteiger partial charge on any atom is -0.444 e. The quantitative estimate of drug-likeness (QED) is 0.734. The fourth-order valence-electron chi connectivity index (χ4n) is 3.97. The molecular formula is C17H25BrN2O3S. The predicted octanol–water partition coefficient (Wildman–Crippen LogP) is 4.44. The molecule has 0 radical (unpaired) electrons. The topological polar surface area (TPSA) is 62.7 Å². The van der Waals surface area contributed by atoms with Gasteiger partial charge in [0.1, 0.15) is 20.8 Å². The molecule has 1 aromatic rings. The number of amides is 1. The summed E-state index contributed by atoms with van der Waals surface area (Å²) < 4.78 is 6.36. The minimum absolute atomic E-state index is 0.252. The molecule has 1 N–H and O–H groups in total. The Morgan fingerprint density at radius 3 is 2.58 bits per heavy atom. The number of nitrogens with zero attached hydrogens (tertiary/aromatic N) is 2. The Balaban J connectivity index is 1.91. The average molecular weight is 417 g/mol. The van der Waals surface area contributed by atoms with E-state index in [0.717, 1.165) is 30.3 Å². The van der Waals surface area contributed by atoms with Crippen LogP contribution in [0.1, 0.15) is 64.3 Å². The lowest BCUT2D eigenvalue weighted by atomic mass is 9.77. The first-order chi connectivity index (χ1) is 11.1. The van der Waals surface area contributed by atoms with Gasteiger partial charge < -0.3 is 9.84 Å². The van der Waals surface area contributed by atoms with Crippen molar-refractivity contribution in [3.63, 3.8) is 0 Å². The predicted molar refractivity (Wildman–Crippen MR) is 97.1 cm³/mol. The zero-order chi connectivity index (χ0) is 17.6. The number of thiazole rings is 1. The van der Waals surface area contributed by atoms with Crippen molar-refractivity contribution in [3.05, 3.63) is 15.0 Å². The summed E-state index contributed by atoms with van der Waals surface area (Å²) >= 11 is 4.79. The van der Waals surface area contributed by atoms with Crippen molar-refractivity contribution < 1.29 is 14.6 Å². The highest BCUT2D eigenvalue weighted by Crippen LogP contribution is 2.50. The van der Waals surface area contributed by atoms with E-state index >= 15 is 0 Å². The summed E-state index contributed by atoms with van der Waals surface area (Å²) in [4.78, 5) is 19.0. The monoisotopic (exact) mass is 416 g/mol. The fourth-order valence-corrected chi connectivity index (χ4v) is 5.31. The Kier molecular flexibility index (Phi) is 4.73. The number of carbonyl (C=O) groups is 1. The van der Waals surface area contributed by atoms with Crippen LogP contribution in [0.4, 0.5) is 4.79 Å². The first-order valence-electron chi connectivity index (χ1n) is 8.48. The number of carbonyl (C=O) groups excluding carboxylic acids is 1. The Bertz CT molecular complexity index is 622. The zero-order valence-electron chi connectivity index (χ0n) is 14.5. The van der Waals surface area contributed by atoms with Crippen molar-refractivity contribution >= 4 is 33.4 Å². The molecule has 1 saturated heterocycles. The fraction of sp³-hybridized carbons (Fsp3) is 0.765. The Hall–Kier alpha value is -0.660. The number of hydrogen-bond acceptors (Lipinski definition) is 5. The van der Waals surface area contributed by atoms with E-state index in [-0.39, 0.29) is 18.2 Å². The van der Waals surface area contributed by atoms with Gasteiger partial charge in [-0.15, -0.1) is 11.3 Å².